The van der Waals surface area contributed by atoms with Crippen molar-refractivity contribution in [2.24, 2.45) is 5.73 Å². The predicted molar refractivity (Wildman–Crippen MR) is 90.3 cm³/mol. The van der Waals surface area contributed by atoms with Crippen molar-refractivity contribution in [2.45, 2.75) is 20.4 Å². The molecular formula is C15H25N5O2S. The summed E-state index contributed by atoms with van der Waals surface area (Å²) in [5.74, 6) is 0.109. The molecule has 0 bridgehead atoms. The van der Waals surface area contributed by atoms with Gasteiger partial charge in [0.1, 0.15) is 10.7 Å². The Bertz CT molecular complexity index is 536. The third kappa shape index (κ3) is 4.49. The average Bonchev–Trinajstić information content (AvgIpc) is 3.05. The van der Waals surface area contributed by atoms with Crippen molar-refractivity contribution in [2.75, 3.05) is 45.8 Å². The molecule has 8 heteroatoms. The van der Waals surface area contributed by atoms with E-state index in [0.29, 0.717) is 45.0 Å². The Hall–Kier alpha value is -1.51. The number of carbonyl (C=O) groups excluding carboxylic acids is 2. The lowest BCUT2D eigenvalue weighted by Crippen LogP contribution is -2.51. The summed E-state index contributed by atoms with van der Waals surface area (Å²) in [5, 5.41) is 2.54. The average molecular weight is 339 g/mol. The number of likely N-dealkylation sites (N-methyl/N-ethyl adjacent to an activating group) is 1. The van der Waals surface area contributed by atoms with E-state index in [0.717, 1.165) is 18.1 Å². The molecule has 7 nitrogen and oxygen atoms in total. The van der Waals surface area contributed by atoms with Crippen LogP contribution in [-0.4, -0.2) is 77.3 Å². The molecule has 0 unspecified atom stereocenters. The molecular weight excluding hydrogens is 314 g/mol. The summed E-state index contributed by atoms with van der Waals surface area (Å²) >= 11 is 1.41. The summed E-state index contributed by atoms with van der Waals surface area (Å²) < 4.78 is 0. The van der Waals surface area contributed by atoms with Gasteiger partial charge in [-0.25, -0.2) is 4.98 Å². The second-order valence-electron chi connectivity index (χ2n) is 5.46. The van der Waals surface area contributed by atoms with E-state index in [9.17, 15) is 9.59 Å². The van der Waals surface area contributed by atoms with Crippen molar-refractivity contribution in [3.05, 3.63) is 16.1 Å². The van der Waals surface area contributed by atoms with Gasteiger partial charge in [-0.2, -0.15) is 0 Å². The van der Waals surface area contributed by atoms with Crippen LogP contribution in [-0.2, 0) is 11.3 Å². The minimum absolute atomic E-state index is 0.0457. The van der Waals surface area contributed by atoms with Crippen LogP contribution in [0.25, 0.3) is 0 Å². The zero-order chi connectivity index (χ0) is 16.8. The molecule has 1 aliphatic heterocycles. The topological polar surface area (TPSA) is 82.8 Å². The molecule has 23 heavy (non-hydrogen) atoms. The Kier molecular flexibility index (Phi) is 6.49. The summed E-state index contributed by atoms with van der Waals surface area (Å²) in [6.45, 7) is 8.92. The Morgan fingerprint density at radius 3 is 2.43 bits per heavy atom. The molecule has 2 rings (SSSR count). The number of nitrogens with zero attached hydrogens (tertiary/aromatic N) is 4. The zero-order valence-electron chi connectivity index (χ0n) is 13.8. The Labute approximate surface area is 141 Å². The number of aromatic nitrogens is 1. The van der Waals surface area contributed by atoms with Crippen molar-refractivity contribution in [3.63, 3.8) is 0 Å². The molecule has 0 aromatic carbocycles. The number of amides is 2. The molecule has 1 aromatic rings. The highest BCUT2D eigenvalue weighted by atomic mass is 32.1. The van der Waals surface area contributed by atoms with E-state index in [1.807, 2.05) is 18.7 Å². The first-order chi connectivity index (χ1) is 11.1. The fourth-order valence-corrected chi connectivity index (χ4v) is 3.29. The number of hydrogen-bond acceptors (Lipinski definition) is 6. The molecule has 2 amide bonds. The first-order valence-corrected chi connectivity index (χ1v) is 8.90. The number of nitrogens with two attached hydrogens (primary N) is 1. The highest BCUT2D eigenvalue weighted by Gasteiger charge is 2.25. The lowest BCUT2D eigenvalue weighted by Gasteiger charge is -2.34. The van der Waals surface area contributed by atoms with Gasteiger partial charge in [0.25, 0.3) is 5.91 Å². The Morgan fingerprint density at radius 2 is 1.91 bits per heavy atom. The normalized spacial score (nSPS) is 15.7. The highest BCUT2D eigenvalue weighted by molar-refractivity contribution is 7.09. The van der Waals surface area contributed by atoms with Crippen molar-refractivity contribution in [1.29, 1.82) is 0 Å². The smallest absolute Gasteiger partial charge is 0.273 e. The van der Waals surface area contributed by atoms with Crippen molar-refractivity contribution in [1.82, 2.24) is 19.7 Å². The fourth-order valence-electron chi connectivity index (χ4n) is 2.64. The fraction of sp³-hybridized carbons (Fsp3) is 0.667. The van der Waals surface area contributed by atoms with Gasteiger partial charge >= 0.3 is 0 Å². The van der Waals surface area contributed by atoms with Crippen molar-refractivity contribution < 1.29 is 9.59 Å². The molecule has 1 fully saturated rings. The van der Waals surface area contributed by atoms with Crippen LogP contribution in [0.5, 0.6) is 0 Å². The molecule has 0 radical (unpaired) electrons. The predicted octanol–water partition coefficient (Wildman–Crippen LogP) is 0.228. The minimum atomic E-state index is -0.0457. The van der Waals surface area contributed by atoms with Gasteiger partial charge in [0.05, 0.1) is 6.54 Å². The molecule has 1 aromatic heterocycles. The second-order valence-corrected chi connectivity index (χ2v) is 6.41. The molecule has 0 saturated carbocycles. The summed E-state index contributed by atoms with van der Waals surface area (Å²) in [5.41, 5.74) is 6.01. The standard InChI is InChI=1S/C15H25N5O2S/c1-3-19(4-2)14(21)10-18-5-7-20(8-6-18)15(22)12-11-23-13(9-16)17-12/h11H,3-10,16H2,1-2H3. The molecule has 0 aliphatic carbocycles. The van der Waals surface area contributed by atoms with Gasteiger partial charge in [0.2, 0.25) is 5.91 Å². The Balaban J connectivity index is 1.83. The van der Waals surface area contributed by atoms with Crippen LogP contribution < -0.4 is 5.73 Å². The van der Waals surface area contributed by atoms with Crippen LogP contribution in [0.3, 0.4) is 0 Å². The van der Waals surface area contributed by atoms with E-state index in [2.05, 4.69) is 9.88 Å². The van der Waals surface area contributed by atoms with E-state index in [4.69, 9.17) is 5.73 Å². The van der Waals surface area contributed by atoms with Crippen LogP contribution in [0, 0.1) is 0 Å². The van der Waals surface area contributed by atoms with Gasteiger partial charge < -0.3 is 15.5 Å². The van der Waals surface area contributed by atoms with Gasteiger partial charge in [-0.1, -0.05) is 0 Å². The Morgan fingerprint density at radius 1 is 1.26 bits per heavy atom. The largest absolute Gasteiger partial charge is 0.342 e. The van der Waals surface area contributed by atoms with Gasteiger partial charge in [0, 0.05) is 51.2 Å². The van der Waals surface area contributed by atoms with E-state index in [1.165, 1.54) is 11.3 Å². The van der Waals surface area contributed by atoms with Gasteiger partial charge in [-0.05, 0) is 13.8 Å². The molecule has 1 saturated heterocycles. The molecule has 0 atom stereocenters. The molecule has 2 N–H and O–H groups in total. The first-order valence-electron chi connectivity index (χ1n) is 8.02. The SMILES string of the molecule is CCN(CC)C(=O)CN1CCN(C(=O)c2csc(CN)n2)CC1. The number of thiazole rings is 1. The third-order valence-corrected chi connectivity index (χ3v) is 4.95. The summed E-state index contributed by atoms with van der Waals surface area (Å²) in [4.78, 5) is 34.5. The van der Waals surface area contributed by atoms with Crippen LogP contribution in [0.4, 0.5) is 0 Å². The van der Waals surface area contributed by atoms with Crippen molar-refractivity contribution in [3.8, 4) is 0 Å². The maximum Gasteiger partial charge on any atom is 0.273 e. The van der Waals surface area contributed by atoms with E-state index in [-0.39, 0.29) is 11.8 Å². The van der Waals surface area contributed by atoms with Crippen molar-refractivity contribution >= 4 is 23.2 Å². The summed E-state index contributed by atoms with van der Waals surface area (Å²) in [7, 11) is 0. The monoisotopic (exact) mass is 339 g/mol. The van der Waals surface area contributed by atoms with Gasteiger partial charge in [-0.3, -0.25) is 14.5 Å². The zero-order valence-corrected chi connectivity index (χ0v) is 14.6. The number of hydrogen-bond donors (Lipinski definition) is 1. The number of carbonyl (C=O) groups is 2. The molecule has 2 heterocycles. The van der Waals surface area contributed by atoms with E-state index >= 15 is 0 Å². The van der Waals surface area contributed by atoms with Gasteiger partial charge in [0.15, 0.2) is 0 Å². The third-order valence-electron chi connectivity index (χ3n) is 4.08. The number of rotatable bonds is 6. The molecule has 128 valence electrons. The maximum absolute atomic E-state index is 12.4. The van der Waals surface area contributed by atoms with Crippen LogP contribution in [0.15, 0.2) is 5.38 Å². The van der Waals surface area contributed by atoms with E-state index < -0.39 is 0 Å². The number of piperazine rings is 1. The second kappa shape index (κ2) is 8.37. The maximum atomic E-state index is 12.4. The molecule has 0 spiro atoms. The summed E-state index contributed by atoms with van der Waals surface area (Å²) in [6.07, 6.45) is 0. The van der Waals surface area contributed by atoms with E-state index in [1.54, 1.807) is 10.3 Å². The van der Waals surface area contributed by atoms with Crippen LogP contribution >= 0.6 is 11.3 Å². The summed E-state index contributed by atoms with van der Waals surface area (Å²) in [6, 6.07) is 0. The lowest BCUT2D eigenvalue weighted by molar-refractivity contribution is -0.132. The first kappa shape index (κ1) is 17.8. The quantitative estimate of drug-likeness (QED) is 0.802. The highest BCUT2D eigenvalue weighted by Crippen LogP contribution is 2.13. The molecule has 1 aliphatic rings. The van der Waals surface area contributed by atoms with Gasteiger partial charge in [-0.15, -0.1) is 11.3 Å². The van der Waals surface area contributed by atoms with Crippen LogP contribution in [0.2, 0.25) is 0 Å². The van der Waals surface area contributed by atoms with Crippen LogP contribution in [0.1, 0.15) is 29.3 Å². The minimum Gasteiger partial charge on any atom is -0.342 e. The lowest BCUT2D eigenvalue weighted by atomic mass is 10.2.